The molecule has 0 unspecified atom stereocenters. The van der Waals surface area contributed by atoms with Crippen molar-refractivity contribution in [2.75, 3.05) is 7.11 Å². The number of nitrogens with one attached hydrogen (secondary N) is 1. The quantitative estimate of drug-likeness (QED) is 0.805. The summed E-state index contributed by atoms with van der Waals surface area (Å²) in [4.78, 5) is 21.2. The largest absolute Gasteiger partial charge is 0.497 e. The number of aryl methyl sites for hydroxylation is 1. The molecule has 3 aromatic rings. The molecule has 0 radical (unpaired) electrons. The van der Waals surface area contributed by atoms with Crippen LogP contribution in [-0.4, -0.2) is 23.0 Å². The molecule has 1 aromatic heterocycles. The summed E-state index contributed by atoms with van der Waals surface area (Å²) in [7, 11) is 1.62. The number of carbonyl (C=O) groups excluding carboxylic acids is 1. The summed E-state index contributed by atoms with van der Waals surface area (Å²) < 4.78 is 5.12. The number of hydrogen-bond acceptors (Lipinski definition) is 4. The molecule has 0 spiro atoms. The zero-order valence-electron chi connectivity index (χ0n) is 13.0. The molecule has 3 rings (SSSR count). The first-order chi connectivity index (χ1) is 11.2. The number of benzene rings is 2. The number of nitrogens with zero attached hydrogens (tertiary/aromatic N) is 2. The zero-order valence-corrected chi connectivity index (χ0v) is 13.0. The normalized spacial score (nSPS) is 10.5. The Morgan fingerprint density at radius 3 is 2.35 bits per heavy atom. The highest BCUT2D eigenvalue weighted by atomic mass is 16.5. The molecule has 1 N–H and O–H groups in total. The van der Waals surface area contributed by atoms with Crippen LogP contribution in [0.3, 0.4) is 0 Å². The lowest BCUT2D eigenvalue weighted by Crippen LogP contribution is -2.25. The van der Waals surface area contributed by atoms with E-state index in [0.29, 0.717) is 23.4 Å². The summed E-state index contributed by atoms with van der Waals surface area (Å²) in [5.74, 6) is 0.563. The third-order valence-electron chi connectivity index (χ3n) is 3.57. The van der Waals surface area contributed by atoms with E-state index < -0.39 is 0 Å². The third-order valence-corrected chi connectivity index (χ3v) is 3.57. The average Bonchev–Trinajstić information content (AvgIpc) is 2.59. The van der Waals surface area contributed by atoms with Crippen LogP contribution in [0.2, 0.25) is 0 Å². The Hall–Kier alpha value is -2.95. The molecule has 0 aliphatic carbocycles. The standard InChI is InChI=1S/C18H17N3O2/c1-12-17(21-16-6-4-3-5-15(16)20-12)18(22)19-11-13-7-9-14(23-2)10-8-13/h3-10H,11H2,1-2H3,(H,19,22). The Bertz CT molecular complexity index is 845. The van der Waals surface area contributed by atoms with Gasteiger partial charge in [-0.25, -0.2) is 9.97 Å². The first-order valence-corrected chi connectivity index (χ1v) is 7.32. The van der Waals surface area contributed by atoms with Crippen molar-refractivity contribution in [2.45, 2.75) is 13.5 Å². The Morgan fingerprint density at radius 2 is 1.70 bits per heavy atom. The molecule has 0 bridgehead atoms. The van der Waals surface area contributed by atoms with Crippen molar-refractivity contribution < 1.29 is 9.53 Å². The van der Waals surface area contributed by atoms with Gasteiger partial charge in [-0.2, -0.15) is 0 Å². The highest BCUT2D eigenvalue weighted by Crippen LogP contribution is 2.13. The van der Waals surface area contributed by atoms with Crippen molar-refractivity contribution in [3.05, 3.63) is 65.5 Å². The van der Waals surface area contributed by atoms with Crippen LogP contribution in [-0.2, 0) is 6.54 Å². The Labute approximate surface area is 134 Å². The van der Waals surface area contributed by atoms with Gasteiger partial charge in [0.15, 0.2) is 0 Å². The number of hydrogen-bond donors (Lipinski definition) is 1. The number of para-hydroxylation sites is 2. The highest BCUT2D eigenvalue weighted by Gasteiger charge is 2.13. The molecule has 0 fully saturated rings. The Balaban J connectivity index is 1.76. The average molecular weight is 307 g/mol. The Kier molecular flexibility index (Phi) is 4.19. The fourth-order valence-electron chi connectivity index (χ4n) is 2.31. The molecule has 0 aliphatic rings. The van der Waals surface area contributed by atoms with Crippen molar-refractivity contribution in [3.63, 3.8) is 0 Å². The van der Waals surface area contributed by atoms with Gasteiger partial charge in [0.2, 0.25) is 0 Å². The van der Waals surface area contributed by atoms with Crippen molar-refractivity contribution in [1.82, 2.24) is 15.3 Å². The molecule has 116 valence electrons. The van der Waals surface area contributed by atoms with E-state index in [1.165, 1.54) is 0 Å². The van der Waals surface area contributed by atoms with Gasteiger partial charge in [-0.05, 0) is 36.8 Å². The second-order valence-electron chi connectivity index (χ2n) is 5.18. The molecule has 0 saturated heterocycles. The van der Waals surface area contributed by atoms with Crippen molar-refractivity contribution in [3.8, 4) is 5.75 Å². The highest BCUT2D eigenvalue weighted by molar-refractivity contribution is 5.95. The van der Waals surface area contributed by atoms with Crippen LogP contribution in [0.4, 0.5) is 0 Å². The molecular weight excluding hydrogens is 290 g/mol. The number of carbonyl (C=O) groups is 1. The van der Waals surface area contributed by atoms with Gasteiger partial charge in [-0.3, -0.25) is 4.79 Å². The number of ether oxygens (including phenoxy) is 1. The predicted molar refractivity (Wildman–Crippen MR) is 88.4 cm³/mol. The monoisotopic (exact) mass is 307 g/mol. The lowest BCUT2D eigenvalue weighted by atomic mass is 10.2. The molecule has 1 heterocycles. The fraction of sp³-hybridized carbons (Fsp3) is 0.167. The van der Waals surface area contributed by atoms with Crippen LogP contribution in [0.25, 0.3) is 11.0 Å². The maximum atomic E-state index is 12.4. The second kappa shape index (κ2) is 6.44. The number of fused-ring (bicyclic) bond motifs is 1. The molecule has 1 amide bonds. The zero-order chi connectivity index (χ0) is 16.2. The van der Waals surface area contributed by atoms with Gasteiger partial charge < -0.3 is 10.1 Å². The van der Waals surface area contributed by atoms with Gasteiger partial charge in [0.25, 0.3) is 5.91 Å². The third kappa shape index (κ3) is 3.29. The van der Waals surface area contributed by atoms with Gasteiger partial charge >= 0.3 is 0 Å². The summed E-state index contributed by atoms with van der Waals surface area (Å²) in [6, 6.07) is 15.1. The fourth-order valence-corrected chi connectivity index (χ4v) is 2.31. The molecule has 5 nitrogen and oxygen atoms in total. The van der Waals surface area contributed by atoms with Crippen LogP contribution in [0, 0.1) is 6.92 Å². The van der Waals surface area contributed by atoms with E-state index in [9.17, 15) is 4.79 Å². The minimum Gasteiger partial charge on any atom is -0.497 e. The number of rotatable bonds is 4. The molecule has 23 heavy (non-hydrogen) atoms. The maximum Gasteiger partial charge on any atom is 0.272 e. The lowest BCUT2D eigenvalue weighted by Gasteiger charge is -2.08. The van der Waals surface area contributed by atoms with E-state index in [-0.39, 0.29) is 5.91 Å². The molecule has 2 aromatic carbocycles. The number of methoxy groups -OCH3 is 1. The second-order valence-corrected chi connectivity index (χ2v) is 5.18. The van der Waals surface area contributed by atoms with E-state index in [2.05, 4.69) is 15.3 Å². The summed E-state index contributed by atoms with van der Waals surface area (Å²) in [6.45, 7) is 2.22. The van der Waals surface area contributed by atoms with Crippen LogP contribution >= 0.6 is 0 Å². The van der Waals surface area contributed by atoms with Gasteiger partial charge in [0.05, 0.1) is 23.8 Å². The summed E-state index contributed by atoms with van der Waals surface area (Å²) >= 11 is 0. The topological polar surface area (TPSA) is 64.1 Å². The van der Waals surface area contributed by atoms with E-state index >= 15 is 0 Å². The number of aromatic nitrogens is 2. The molecule has 0 atom stereocenters. The lowest BCUT2D eigenvalue weighted by molar-refractivity contribution is 0.0945. The van der Waals surface area contributed by atoms with E-state index in [1.54, 1.807) is 14.0 Å². The van der Waals surface area contributed by atoms with Gasteiger partial charge in [0.1, 0.15) is 11.4 Å². The van der Waals surface area contributed by atoms with Gasteiger partial charge in [0, 0.05) is 6.54 Å². The van der Waals surface area contributed by atoms with Crippen molar-refractivity contribution >= 4 is 16.9 Å². The van der Waals surface area contributed by atoms with Crippen LogP contribution in [0.1, 0.15) is 21.7 Å². The van der Waals surface area contributed by atoms with E-state index in [1.807, 2.05) is 48.5 Å². The first-order valence-electron chi connectivity index (χ1n) is 7.32. The predicted octanol–water partition coefficient (Wildman–Crippen LogP) is 2.88. The van der Waals surface area contributed by atoms with E-state index in [4.69, 9.17) is 4.74 Å². The minimum absolute atomic E-state index is 0.225. The summed E-state index contributed by atoms with van der Waals surface area (Å²) in [6.07, 6.45) is 0. The molecule has 0 saturated carbocycles. The molecule has 0 aliphatic heterocycles. The van der Waals surface area contributed by atoms with Crippen LogP contribution < -0.4 is 10.1 Å². The van der Waals surface area contributed by atoms with Gasteiger partial charge in [-0.1, -0.05) is 24.3 Å². The molecule has 5 heteroatoms. The molecular formula is C18H17N3O2. The van der Waals surface area contributed by atoms with Crippen molar-refractivity contribution in [2.24, 2.45) is 0 Å². The smallest absolute Gasteiger partial charge is 0.272 e. The van der Waals surface area contributed by atoms with Crippen LogP contribution in [0.15, 0.2) is 48.5 Å². The summed E-state index contributed by atoms with van der Waals surface area (Å²) in [5.41, 5.74) is 3.48. The minimum atomic E-state index is -0.225. The van der Waals surface area contributed by atoms with Crippen LogP contribution in [0.5, 0.6) is 5.75 Å². The summed E-state index contributed by atoms with van der Waals surface area (Å²) in [5, 5.41) is 2.88. The van der Waals surface area contributed by atoms with E-state index in [0.717, 1.165) is 16.8 Å². The number of amides is 1. The SMILES string of the molecule is COc1ccc(CNC(=O)c2nc3ccccc3nc2C)cc1. The Morgan fingerprint density at radius 1 is 1.04 bits per heavy atom. The maximum absolute atomic E-state index is 12.4. The van der Waals surface area contributed by atoms with Crippen molar-refractivity contribution in [1.29, 1.82) is 0 Å². The van der Waals surface area contributed by atoms with Gasteiger partial charge in [-0.15, -0.1) is 0 Å². The first kappa shape index (κ1) is 15.0.